The first-order valence-corrected chi connectivity index (χ1v) is 31.5. The molecule has 0 aromatic heterocycles. The fraction of sp³-hybridized carbons (Fsp3) is 0.862. The molecule has 0 spiro atoms. The SMILES string of the molecule is CCCCCCC/C=C\C/C=C\CCCCCCCCCCCC(=O)OC(COC(=O)CCCCCCC)COC(=O)CCCCCCCCCCCCCCCCC/C=C\CCCCCCCCCC. The number of ether oxygens (including phenoxy) is 3. The van der Waals surface area contributed by atoms with Crippen LogP contribution in [0.1, 0.15) is 342 Å². The van der Waals surface area contributed by atoms with Gasteiger partial charge in [0.1, 0.15) is 13.2 Å². The molecule has 0 aromatic rings. The average molecular weight is 998 g/mol. The van der Waals surface area contributed by atoms with Gasteiger partial charge >= 0.3 is 17.9 Å². The number of esters is 3. The van der Waals surface area contributed by atoms with Gasteiger partial charge in [0.2, 0.25) is 0 Å². The lowest BCUT2D eigenvalue weighted by Gasteiger charge is -2.18. The van der Waals surface area contributed by atoms with Crippen LogP contribution in [-0.4, -0.2) is 37.2 Å². The van der Waals surface area contributed by atoms with Crippen LogP contribution in [0.25, 0.3) is 0 Å². The molecule has 416 valence electrons. The van der Waals surface area contributed by atoms with Crippen LogP contribution in [0.3, 0.4) is 0 Å². The molecular weight excluding hydrogens is 877 g/mol. The van der Waals surface area contributed by atoms with E-state index in [1.807, 2.05) is 0 Å². The maximum Gasteiger partial charge on any atom is 0.306 e. The molecule has 6 nitrogen and oxygen atoms in total. The van der Waals surface area contributed by atoms with Gasteiger partial charge in [0.05, 0.1) is 0 Å². The quantitative estimate of drug-likeness (QED) is 0.0261. The van der Waals surface area contributed by atoms with Gasteiger partial charge in [0.25, 0.3) is 0 Å². The van der Waals surface area contributed by atoms with Crippen LogP contribution in [0.2, 0.25) is 0 Å². The van der Waals surface area contributed by atoms with Crippen molar-refractivity contribution in [2.75, 3.05) is 13.2 Å². The Morgan fingerprint density at radius 1 is 0.282 bits per heavy atom. The van der Waals surface area contributed by atoms with Crippen LogP contribution in [0.5, 0.6) is 0 Å². The van der Waals surface area contributed by atoms with Crippen LogP contribution >= 0.6 is 0 Å². The Labute approximate surface area is 442 Å². The summed E-state index contributed by atoms with van der Waals surface area (Å²) in [6.07, 6.45) is 73.5. The summed E-state index contributed by atoms with van der Waals surface area (Å²) in [5.74, 6) is -0.871. The summed E-state index contributed by atoms with van der Waals surface area (Å²) in [7, 11) is 0. The second kappa shape index (κ2) is 60.2. The molecule has 6 heteroatoms. The highest BCUT2D eigenvalue weighted by molar-refractivity contribution is 5.71. The number of allylic oxidation sites excluding steroid dienone is 6. The second-order valence-corrected chi connectivity index (χ2v) is 21.3. The maximum absolute atomic E-state index is 12.8. The molecule has 1 unspecified atom stereocenters. The number of carbonyl (C=O) groups is 3. The van der Waals surface area contributed by atoms with Gasteiger partial charge in [0, 0.05) is 19.3 Å². The lowest BCUT2D eigenvalue weighted by atomic mass is 10.0. The van der Waals surface area contributed by atoms with E-state index in [1.165, 1.54) is 231 Å². The molecule has 0 aliphatic rings. The van der Waals surface area contributed by atoms with Gasteiger partial charge in [-0.15, -0.1) is 0 Å². The van der Waals surface area contributed by atoms with Crippen molar-refractivity contribution >= 4 is 17.9 Å². The number of carbonyl (C=O) groups excluding carboxylic acids is 3. The Balaban J connectivity index is 4.00. The van der Waals surface area contributed by atoms with Crippen molar-refractivity contribution in [3.8, 4) is 0 Å². The standard InChI is InChI=1S/C65H120O6/c1-4-7-10-13-15-17-19-21-23-25-27-29-30-31-32-33-34-36-37-39-41-43-45-47-49-52-55-58-64(67)70-61-62(60-69-63(66)57-54-51-12-9-6-3)71-65(68)59-56-53-50-48-46-44-42-40-38-35-28-26-24-22-20-18-16-14-11-8-5-2/h20,22,25-28,62H,4-19,21,23-24,29-61H2,1-3H3/b22-20-,27-25-,28-26-. The summed E-state index contributed by atoms with van der Waals surface area (Å²) >= 11 is 0. The normalized spacial score (nSPS) is 12.2. The first-order chi connectivity index (χ1) is 35.0. The minimum absolute atomic E-state index is 0.0708. The maximum atomic E-state index is 12.8. The lowest BCUT2D eigenvalue weighted by molar-refractivity contribution is -0.167. The molecule has 0 aliphatic carbocycles. The molecule has 0 rings (SSSR count). The zero-order chi connectivity index (χ0) is 51.4. The van der Waals surface area contributed by atoms with Crippen molar-refractivity contribution in [1.29, 1.82) is 0 Å². The largest absolute Gasteiger partial charge is 0.462 e. The first kappa shape index (κ1) is 68.6. The first-order valence-electron chi connectivity index (χ1n) is 31.5. The van der Waals surface area contributed by atoms with Crippen LogP contribution in [0.4, 0.5) is 0 Å². The third-order valence-electron chi connectivity index (χ3n) is 14.1. The third-order valence-corrected chi connectivity index (χ3v) is 14.1. The molecule has 0 aliphatic heterocycles. The minimum Gasteiger partial charge on any atom is -0.462 e. The van der Waals surface area contributed by atoms with E-state index in [2.05, 4.69) is 57.2 Å². The zero-order valence-electron chi connectivity index (χ0n) is 47.8. The van der Waals surface area contributed by atoms with Crippen molar-refractivity contribution in [1.82, 2.24) is 0 Å². The highest BCUT2D eigenvalue weighted by Gasteiger charge is 2.19. The Kier molecular flexibility index (Phi) is 58.2. The molecule has 0 aromatic carbocycles. The summed E-state index contributed by atoms with van der Waals surface area (Å²) in [6, 6.07) is 0. The number of rotatable bonds is 58. The zero-order valence-corrected chi connectivity index (χ0v) is 47.8. The minimum atomic E-state index is -0.769. The van der Waals surface area contributed by atoms with Gasteiger partial charge in [-0.3, -0.25) is 14.4 Å². The smallest absolute Gasteiger partial charge is 0.306 e. The highest BCUT2D eigenvalue weighted by atomic mass is 16.6. The number of hydrogen-bond acceptors (Lipinski definition) is 6. The molecule has 0 heterocycles. The van der Waals surface area contributed by atoms with Crippen LogP contribution in [0.15, 0.2) is 36.5 Å². The fourth-order valence-corrected chi connectivity index (χ4v) is 9.35. The molecule has 0 saturated heterocycles. The molecule has 0 fully saturated rings. The topological polar surface area (TPSA) is 78.9 Å². The molecule has 0 amide bonds. The van der Waals surface area contributed by atoms with E-state index in [0.717, 1.165) is 70.6 Å². The Bertz CT molecular complexity index is 1190. The van der Waals surface area contributed by atoms with Gasteiger partial charge in [-0.2, -0.15) is 0 Å². The second-order valence-electron chi connectivity index (χ2n) is 21.3. The van der Waals surface area contributed by atoms with E-state index >= 15 is 0 Å². The monoisotopic (exact) mass is 997 g/mol. The number of hydrogen-bond donors (Lipinski definition) is 0. The highest BCUT2D eigenvalue weighted by Crippen LogP contribution is 2.17. The van der Waals surface area contributed by atoms with Crippen molar-refractivity contribution in [2.45, 2.75) is 348 Å². The van der Waals surface area contributed by atoms with Gasteiger partial charge in [-0.05, 0) is 77.0 Å². The molecule has 71 heavy (non-hydrogen) atoms. The summed E-state index contributed by atoms with van der Waals surface area (Å²) in [5, 5.41) is 0. The predicted molar refractivity (Wildman–Crippen MR) is 307 cm³/mol. The Morgan fingerprint density at radius 3 is 0.789 bits per heavy atom. The van der Waals surface area contributed by atoms with Crippen LogP contribution in [-0.2, 0) is 28.6 Å². The van der Waals surface area contributed by atoms with Crippen molar-refractivity contribution < 1.29 is 28.6 Å². The van der Waals surface area contributed by atoms with Crippen molar-refractivity contribution in [2.24, 2.45) is 0 Å². The molecule has 0 radical (unpaired) electrons. The molecule has 0 saturated carbocycles. The van der Waals surface area contributed by atoms with Gasteiger partial charge in [0.15, 0.2) is 6.10 Å². The fourth-order valence-electron chi connectivity index (χ4n) is 9.35. The summed E-state index contributed by atoms with van der Waals surface area (Å²) in [4.78, 5) is 37.9. The Morgan fingerprint density at radius 2 is 0.507 bits per heavy atom. The average Bonchev–Trinajstić information content (AvgIpc) is 3.37. The molecule has 1 atom stereocenters. The van der Waals surface area contributed by atoms with E-state index in [1.54, 1.807) is 0 Å². The van der Waals surface area contributed by atoms with E-state index < -0.39 is 6.10 Å². The lowest BCUT2D eigenvalue weighted by Crippen LogP contribution is -2.30. The molecule has 0 bridgehead atoms. The summed E-state index contributed by atoms with van der Waals surface area (Å²) < 4.78 is 16.8. The Hall–Kier alpha value is -2.37. The summed E-state index contributed by atoms with van der Waals surface area (Å²) in [5.41, 5.74) is 0. The summed E-state index contributed by atoms with van der Waals surface area (Å²) in [6.45, 7) is 6.59. The van der Waals surface area contributed by atoms with E-state index in [-0.39, 0.29) is 31.1 Å². The van der Waals surface area contributed by atoms with Crippen LogP contribution in [0, 0.1) is 0 Å². The van der Waals surface area contributed by atoms with Gasteiger partial charge < -0.3 is 14.2 Å². The van der Waals surface area contributed by atoms with Crippen molar-refractivity contribution in [3.63, 3.8) is 0 Å². The van der Waals surface area contributed by atoms with E-state index in [0.29, 0.717) is 19.3 Å². The van der Waals surface area contributed by atoms with Crippen molar-refractivity contribution in [3.05, 3.63) is 36.5 Å². The van der Waals surface area contributed by atoms with E-state index in [4.69, 9.17) is 14.2 Å². The van der Waals surface area contributed by atoms with E-state index in [9.17, 15) is 14.4 Å². The molecular formula is C65H120O6. The predicted octanol–water partition coefficient (Wildman–Crippen LogP) is 21.2. The van der Waals surface area contributed by atoms with Gasteiger partial charge in [-0.25, -0.2) is 0 Å². The molecule has 0 N–H and O–H groups in total. The van der Waals surface area contributed by atoms with Gasteiger partial charge in [-0.1, -0.05) is 282 Å². The third kappa shape index (κ3) is 58.4. The number of unbranched alkanes of at least 4 members (excludes halogenated alkanes) is 41. The van der Waals surface area contributed by atoms with Crippen LogP contribution < -0.4 is 0 Å².